The molecule has 0 saturated carbocycles. The normalized spacial score (nSPS) is 12.0. The zero-order valence-electron chi connectivity index (χ0n) is 13.3. The van der Waals surface area contributed by atoms with Crippen LogP contribution in [0.1, 0.15) is 36.8 Å². The second kappa shape index (κ2) is 8.82. The van der Waals surface area contributed by atoms with Gasteiger partial charge in [-0.2, -0.15) is 11.8 Å². The molecule has 0 spiro atoms. The van der Waals surface area contributed by atoms with E-state index < -0.39 is 10.0 Å². The van der Waals surface area contributed by atoms with Gasteiger partial charge in [-0.3, -0.25) is 0 Å². The van der Waals surface area contributed by atoms with Crippen molar-refractivity contribution in [1.29, 1.82) is 0 Å². The van der Waals surface area contributed by atoms with Crippen LogP contribution < -0.4 is 10.0 Å². The molecule has 0 fully saturated rings. The molecule has 0 aliphatic rings. The molecule has 21 heavy (non-hydrogen) atoms. The van der Waals surface area contributed by atoms with Crippen molar-refractivity contribution in [3.8, 4) is 0 Å². The number of aryl methyl sites for hydroxylation is 2. The summed E-state index contributed by atoms with van der Waals surface area (Å²) in [5.41, 5.74) is 0.735. The van der Waals surface area contributed by atoms with Crippen LogP contribution in [0, 0.1) is 13.8 Å². The Bertz CT molecular complexity index is 539. The Labute approximate surface area is 132 Å². The topological polar surface area (TPSA) is 71.3 Å². The third-order valence-corrected chi connectivity index (χ3v) is 5.49. The molecule has 0 amide bonds. The minimum Gasteiger partial charge on any atom is -0.465 e. The van der Waals surface area contributed by atoms with Crippen LogP contribution in [0.5, 0.6) is 0 Å². The number of hydrogen-bond donors (Lipinski definition) is 2. The first-order valence-corrected chi connectivity index (χ1v) is 10.1. The minimum absolute atomic E-state index is 0.299. The fourth-order valence-electron chi connectivity index (χ4n) is 2.15. The van der Waals surface area contributed by atoms with E-state index in [1.165, 1.54) is 0 Å². The van der Waals surface area contributed by atoms with E-state index in [4.69, 9.17) is 4.42 Å². The number of sulfonamides is 1. The SMILES string of the molecule is CCCNCc1c(C)oc(C)c1S(=O)(=O)NCCCSC. The van der Waals surface area contributed by atoms with Gasteiger partial charge in [-0.25, -0.2) is 13.1 Å². The van der Waals surface area contributed by atoms with Crippen molar-refractivity contribution in [2.75, 3.05) is 25.1 Å². The lowest BCUT2D eigenvalue weighted by Gasteiger charge is -2.09. The average molecular weight is 335 g/mol. The summed E-state index contributed by atoms with van der Waals surface area (Å²) in [6, 6.07) is 0. The van der Waals surface area contributed by atoms with Crippen molar-refractivity contribution in [2.45, 2.75) is 45.1 Å². The van der Waals surface area contributed by atoms with Crippen LogP contribution in [0.3, 0.4) is 0 Å². The van der Waals surface area contributed by atoms with E-state index in [2.05, 4.69) is 17.0 Å². The molecule has 0 bridgehead atoms. The van der Waals surface area contributed by atoms with Crippen molar-refractivity contribution in [3.63, 3.8) is 0 Å². The van der Waals surface area contributed by atoms with Crippen LogP contribution in [0.2, 0.25) is 0 Å². The highest BCUT2D eigenvalue weighted by atomic mass is 32.2. The standard InChI is InChI=1S/C14H26N2O3S2/c1-5-7-15-10-13-11(2)19-12(3)14(13)21(17,18)16-8-6-9-20-4/h15-16H,5-10H2,1-4H3. The molecule has 2 N–H and O–H groups in total. The van der Waals surface area contributed by atoms with Crippen LogP contribution in [-0.4, -0.2) is 33.5 Å². The predicted octanol–water partition coefficient (Wildman–Crippen LogP) is 2.43. The molecule has 0 atom stereocenters. The maximum atomic E-state index is 12.5. The Morgan fingerprint density at radius 2 is 1.90 bits per heavy atom. The number of thioether (sulfide) groups is 1. The largest absolute Gasteiger partial charge is 0.465 e. The highest BCUT2D eigenvalue weighted by Gasteiger charge is 2.26. The number of rotatable bonds is 10. The molecule has 0 aromatic carbocycles. The number of nitrogens with one attached hydrogen (secondary N) is 2. The highest BCUT2D eigenvalue weighted by Crippen LogP contribution is 2.26. The van der Waals surface area contributed by atoms with Gasteiger partial charge in [-0.05, 0) is 45.2 Å². The minimum atomic E-state index is -3.51. The Kier molecular flexibility index (Phi) is 7.79. The van der Waals surface area contributed by atoms with Crippen molar-refractivity contribution < 1.29 is 12.8 Å². The summed E-state index contributed by atoms with van der Waals surface area (Å²) < 4.78 is 33.1. The van der Waals surface area contributed by atoms with E-state index in [0.29, 0.717) is 29.5 Å². The van der Waals surface area contributed by atoms with Gasteiger partial charge in [0.25, 0.3) is 0 Å². The lowest BCUT2D eigenvalue weighted by Crippen LogP contribution is -2.27. The molecule has 1 heterocycles. The van der Waals surface area contributed by atoms with Gasteiger partial charge in [0.2, 0.25) is 10.0 Å². The van der Waals surface area contributed by atoms with Crippen molar-refractivity contribution in [3.05, 3.63) is 17.1 Å². The van der Waals surface area contributed by atoms with Gasteiger partial charge in [-0.1, -0.05) is 6.92 Å². The summed E-state index contributed by atoms with van der Waals surface area (Å²) >= 11 is 1.71. The number of hydrogen-bond acceptors (Lipinski definition) is 5. The van der Waals surface area contributed by atoms with E-state index >= 15 is 0 Å². The first-order valence-electron chi connectivity index (χ1n) is 7.22. The molecule has 7 heteroatoms. The fourth-order valence-corrected chi connectivity index (χ4v) is 4.10. The zero-order valence-corrected chi connectivity index (χ0v) is 14.9. The van der Waals surface area contributed by atoms with Gasteiger partial charge < -0.3 is 9.73 Å². The van der Waals surface area contributed by atoms with Gasteiger partial charge in [0.05, 0.1) is 0 Å². The Hall–Kier alpha value is -0.500. The molecule has 0 aliphatic carbocycles. The molecular weight excluding hydrogens is 308 g/mol. The molecule has 1 aromatic rings. The van der Waals surface area contributed by atoms with Gasteiger partial charge in [0.15, 0.2) is 0 Å². The lowest BCUT2D eigenvalue weighted by molar-refractivity contribution is 0.492. The number of furan rings is 1. The zero-order chi connectivity index (χ0) is 15.9. The molecule has 5 nitrogen and oxygen atoms in total. The maximum Gasteiger partial charge on any atom is 0.244 e. The highest BCUT2D eigenvalue weighted by molar-refractivity contribution is 7.98. The molecule has 0 radical (unpaired) electrons. The van der Waals surface area contributed by atoms with Crippen LogP contribution in [0.4, 0.5) is 0 Å². The molecule has 0 unspecified atom stereocenters. The van der Waals surface area contributed by atoms with Crippen molar-refractivity contribution in [2.24, 2.45) is 0 Å². The fraction of sp³-hybridized carbons (Fsp3) is 0.714. The molecule has 0 saturated heterocycles. The summed E-state index contributed by atoms with van der Waals surface area (Å²) in [4.78, 5) is 0.299. The summed E-state index contributed by atoms with van der Waals surface area (Å²) in [6.07, 6.45) is 3.83. The Morgan fingerprint density at radius 3 is 2.52 bits per heavy atom. The summed E-state index contributed by atoms with van der Waals surface area (Å²) in [7, 11) is -3.51. The molecule has 0 aliphatic heterocycles. The van der Waals surface area contributed by atoms with Gasteiger partial charge in [-0.15, -0.1) is 0 Å². The van der Waals surface area contributed by atoms with Gasteiger partial charge in [0.1, 0.15) is 16.4 Å². The first-order chi connectivity index (χ1) is 9.94. The van der Waals surface area contributed by atoms with E-state index in [1.807, 2.05) is 13.2 Å². The molecule has 122 valence electrons. The summed E-state index contributed by atoms with van der Waals surface area (Å²) in [6.45, 7) is 7.40. The Balaban J connectivity index is 2.88. The lowest BCUT2D eigenvalue weighted by atomic mass is 10.2. The van der Waals surface area contributed by atoms with E-state index in [1.54, 1.807) is 18.7 Å². The maximum absolute atomic E-state index is 12.5. The van der Waals surface area contributed by atoms with Gasteiger partial charge >= 0.3 is 0 Å². The van der Waals surface area contributed by atoms with Crippen molar-refractivity contribution in [1.82, 2.24) is 10.0 Å². The van der Waals surface area contributed by atoms with Crippen LogP contribution in [0.15, 0.2) is 9.31 Å². The first kappa shape index (κ1) is 18.5. The van der Waals surface area contributed by atoms with Crippen LogP contribution >= 0.6 is 11.8 Å². The van der Waals surface area contributed by atoms with Crippen LogP contribution in [-0.2, 0) is 16.6 Å². The quantitative estimate of drug-likeness (QED) is 0.643. The second-order valence-corrected chi connectivity index (χ2v) is 7.63. The third-order valence-electron chi connectivity index (χ3n) is 3.14. The monoisotopic (exact) mass is 334 g/mol. The van der Waals surface area contributed by atoms with E-state index in [-0.39, 0.29) is 0 Å². The average Bonchev–Trinajstić information content (AvgIpc) is 2.70. The van der Waals surface area contributed by atoms with Gasteiger partial charge in [0, 0.05) is 18.7 Å². The molecule has 1 aromatic heterocycles. The Morgan fingerprint density at radius 1 is 1.19 bits per heavy atom. The molecular formula is C14H26N2O3S2. The van der Waals surface area contributed by atoms with Crippen LogP contribution in [0.25, 0.3) is 0 Å². The second-order valence-electron chi connectivity index (χ2n) is 4.94. The summed E-state index contributed by atoms with van der Waals surface area (Å²) in [5.74, 6) is 2.07. The summed E-state index contributed by atoms with van der Waals surface area (Å²) in [5, 5.41) is 3.24. The van der Waals surface area contributed by atoms with Crippen molar-refractivity contribution >= 4 is 21.8 Å². The third kappa shape index (κ3) is 5.32. The van der Waals surface area contributed by atoms with E-state index in [0.717, 1.165) is 30.7 Å². The molecule has 1 rings (SSSR count). The van der Waals surface area contributed by atoms with E-state index in [9.17, 15) is 8.42 Å². The smallest absolute Gasteiger partial charge is 0.244 e. The predicted molar refractivity (Wildman–Crippen MR) is 88.4 cm³/mol.